The summed E-state index contributed by atoms with van der Waals surface area (Å²) in [7, 11) is 0. The van der Waals surface area contributed by atoms with Crippen LogP contribution in [-0.4, -0.2) is 17.0 Å². The molecule has 0 amide bonds. The first-order valence-electron chi connectivity index (χ1n) is 8.40. The molecule has 2 atom stereocenters. The summed E-state index contributed by atoms with van der Waals surface area (Å²) < 4.78 is 6.28. The molecule has 0 bridgehead atoms. The highest BCUT2D eigenvalue weighted by molar-refractivity contribution is 4.90. The molecule has 0 saturated heterocycles. The molecule has 0 heterocycles. The lowest BCUT2D eigenvalue weighted by Gasteiger charge is -2.45. The van der Waals surface area contributed by atoms with Gasteiger partial charge in [0, 0.05) is 5.41 Å². The van der Waals surface area contributed by atoms with Crippen LogP contribution in [0.4, 0.5) is 0 Å². The Balaban J connectivity index is 2.86. The van der Waals surface area contributed by atoms with E-state index in [1.807, 2.05) is 0 Å². The van der Waals surface area contributed by atoms with E-state index in [0.717, 1.165) is 25.7 Å². The number of aliphatic hydroxyl groups is 1. The van der Waals surface area contributed by atoms with Crippen LogP contribution >= 0.6 is 0 Å². The minimum atomic E-state index is -0.667. The first-order chi connectivity index (χ1) is 9.05. The van der Waals surface area contributed by atoms with Crippen LogP contribution in [0, 0.1) is 16.7 Å². The van der Waals surface area contributed by atoms with E-state index in [-0.39, 0.29) is 16.4 Å². The molecule has 0 spiro atoms. The lowest BCUT2D eigenvalue weighted by Crippen LogP contribution is -2.46. The standard InChI is InChI=1S/C18H36O2/c1-8-18(11-9-10-12-18)20-15(19)17(7,14(2)3)13-16(4,5)6/h14-15,19H,8-13H2,1-7H3. The average molecular weight is 284 g/mol. The van der Waals surface area contributed by atoms with Crippen molar-refractivity contribution in [3.63, 3.8) is 0 Å². The lowest BCUT2D eigenvalue weighted by molar-refractivity contribution is -0.249. The zero-order valence-corrected chi connectivity index (χ0v) is 14.8. The SMILES string of the molecule is CCC1(OC(O)C(C)(CC(C)(C)C)C(C)C)CCCC1. The molecule has 1 aliphatic rings. The topological polar surface area (TPSA) is 29.5 Å². The van der Waals surface area contributed by atoms with Crippen LogP contribution in [0.25, 0.3) is 0 Å². The van der Waals surface area contributed by atoms with Gasteiger partial charge in [0.2, 0.25) is 0 Å². The Kier molecular flexibility index (Phi) is 5.71. The van der Waals surface area contributed by atoms with Gasteiger partial charge < -0.3 is 9.84 Å². The molecule has 2 heteroatoms. The van der Waals surface area contributed by atoms with Crippen LogP contribution in [0.1, 0.15) is 87.0 Å². The Bertz CT molecular complexity index is 297. The zero-order valence-electron chi connectivity index (χ0n) is 14.8. The van der Waals surface area contributed by atoms with E-state index in [0.29, 0.717) is 5.92 Å². The fourth-order valence-electron chi connectivity index (χ4n) is 3.66. The smallest absolute Gasteiger partial charge is 0.160 e. The van der Waals surface area contributed by atoms with E-state index in [1.54, 1.807) is 0 Å². The second-order valence-corrected chi connectivity index (χ2v) is 8.61. The van der Waals surface area contributed by atoms with Crippen molar-refractivity contribution >= 4 is 0 Å². The van der Waals surface area contributed by atoms with Crippen molar-refractivity contribution in [1.29, 1.82) is 0 Å². The molecular formula is C18H36O2. The Morgan fingerprint density at radius 3 is 1.95 bits per heavy atom. The molecule has 0 aromatic rings. The Morgan fingerprint density at radius 2 is 1.60 bits per heavy atom. The van der Waals surface area contributed by atoms with Crippen molar-refractivity contribution in [2.45, 2.75) is 98.9 Å². The van der Waals surface area contributed by atoms with Gasteiger partial charge in [-0.25, -0.2) is 0 Å². The predicted molar refractivity (Wildman–Crippen MR) is 85.6 cm³/mol. The average Bonchev–Trinajstić information content (AvgIpc) is 2.75. The number of hydrogen-bond acceptors (Lipinski definition) is 2. The van der Waals surface area contributed by atoms with Crippen LogP contribution < -0.4 is 0 Å². The van der Waals surface area contributed by atoms with Gasteiger partial charge in [-0.15, -0.1) is 0 Å². The minimum Gasteiger partial charge on any atom is -0.367 e. The van der Waals surface area contributed by atoms with E-state index in [2.05, 4.69) is 48.5 Å². The molecule has 1 saturated carbocycles. The van der Waals surface area contributed by atoms with E-state index >= 15 is 0 Å². The summed E-state index contributed by atoms with van der Waals surface area (Å²) in [6, 6.07) is 0. The lowest BCUT2D eigenvalue weighted by atomic mass is 9.68. The van der Waals surface area contributed by atoms with E-state index < -0.39 is 6.29 Å². The maximum Gasteiger partial charge on any atom is 0.160 e. The van der Waals surface area contributed by atoms with Crippen molar-refractivity contribution < 1.29 is 9.84 Å². The van der Waals surface area contributed by atoms with Gasteiger partial charge in [0.15, 0.2) is 6.29 Å². The normalized spacial score (nSPS) is 23.9. The number of aliphatic hydroxyl groups excluding tert-OH is 1. The number of ether oxygens (including phenoxy) is 1. The van der Waals surface area contributed by atoms with Gasteiger partial charge in [-0.2, -0.15) is 0 Å². The highest BCUT2D eigenvalue weighted by Crippen LogP contribution is 2.46. The zero-order chi connectivity index (χ0) is 15.6. The van der Waals surface area contributed by atoms with Crippen molar-refractivity contribution in [2.75, 3.05) is 0 Å². The predicted octanol–water partition coefficient (Wildman–Crippen LogP) is 5.14. The molecule has 120 valence electrons. The molecule has 1 N–H and O–H groups in total. The first-order valence-corrected chi connectivity index (χ1v) is 8.40. The van der Waals surface area contributed by atoms with E-state index in [1.165, 1.54) is 12.8 Å². The Morgan fingerprint density at radius 1 is 1.10 bits per heavy atom. The number of rotatable bonds is 6. The van der Waals surface area contributed by atoms with Crippen LogP contribution in [-0.2, 0) is 4.74 Å². The largest absolute Gasteiger partial charge is 0.367 e. The maximum atomic E-state index is 10.8. The monoisotopic (exact) mass is 284 g/mol. The highest BCUT2D eigenvalue weighted by Gasteiger charge is 2.44. The molecule has 0 aromatic carbocycles. The van der Waals surface area contributed by atoms with Crippen molar-refractivity contribution in [3.8, 4) is 0 Å². The summed E-state index contributed by atoms with van der Waals surface area (Å²) in [6.45, 7) is 15.5. The van der Waals surface area contributed by atoms with Crippen LogP contribution in [0.15, 0.2) is 0 Å². The molecule has 2 unspecified atom stereocenters. The summed E-state index contributed by atoms with van der Waals surface area (Å²) >= 11 is 0. The van der Waals surface area contributed by atoms with Gasteiger partial charge in [0.05, 0.1) is 5.60 Å². The number of hydrogen-bond donors (Lipinski definition) is 1. The molecule has 1 rings (SSSR count). The summed E-state index contributed by atoms with van der Waals surface area (Å²) in [5, 5.41) is 10.8. The highest BCUT2D eigenvalue weighted by atomic mass is 16.6. The molecule has 1 aliphatic carbocycles. The molecular weight excluding hydrogens is 248 g/mol. The molecule has 2 nitrogen and oxygen atoms in total. The fourth-order valence-corrected chi connectivity index (χ4v) is 3.66. The second kappa shape index (κ2) is 6.36. The molecule has 0 aliphatic heterocycles. The van der Waals surface area contributed by atoms with Crippen molar-refractivity contribution in [3.05, 3.63) is 0 Å². The van der Waals surface area contributed by atoms with Gasteiger partial charge >= 0.3 is 0 Å². The summed E-state index contributed by atoms with van der Waals surface area (Å²) in [5.41, 5.74) is -0.0745. The maximum absolute atomic E-state index is 10.8. The third kappa shape index (κ3) is 4.21. The van der Waals surface area contributed by atoms with E-state index in [4.69, 9.17) is 4.74 Å². The molecule has 0 radical (unpaired) electrons. The first kappa shape index (κ1) is 18.0. The fraction of sp³-hybridized carbons (Fsp3) is 1.00. The van der Waals surface area contributed by atoms with Crippen LogP contribution in [0.5, 0.6) is 0 Å². The van der Waals surface area contributed by atoms with Crippen LogP contribution in [0.2, 0.25) is 0 Å². The van der Waals surface area contributed by atoms with Gasteiger partial charge in [0.1, 0.15) is 0 Å². The minimum absolute atomic E-state index is 0.0759. The van der Waals surface area contributed by atoms with Gasteiger partial charge in [-0.05, 0) is 37.0 Å². The molecule has 0 aromatic heterocycles. The quantitative estimate of drug-likeness (QED) is 0.684. The third-order valence-corrected chi connectivity index (χ3v) is 5.32. The van der Waals surface area contributed by atoms with Crippen molar-refractivity contribution in [1.82, 2.24) is 0 Å². The van der Waals surface area contributed by atoms with E-state index in [9.17, 15) is 5.11 Å². The third-order valence-electron chi connectivity index (χ3n) is 5.32. The Labute approximate surface area is 126 Å². The van der Waals surface area contributed by atoms with Crippen LogP contribution in [0.3, 0.4) is 0 Å². The second-order valence-electron chi connectivity index (χ2n) is 8.61. The van der Waals surface area contributed by atoms with Gasteiger partial charge in [0.25, 0.3) is 0 Å². The summed E-state index contributed by atoms with van der Waals surface area (Å²) in [5.74, 6) is 0.395. The van der Waals surface area contributed by atoms with Gasteiger partial charge in [-0.1, -0.05) is 61.3 Å². The summed E-state index contributed by atoms with van der Waals surface area (Å²) in [6.07, 6.45) is 5.98. The Hall–Kier alpha value is -0.0800. The van der Waals surface area contributed by atoms with Crippen molar-refractivity contribution in [2.24, 2.45) is 16.7 Å². The van der Waals surface area contributed by atoms with Gasteiger partial charge in [-0.3, -0.25) is 0 Å². The molecule has 20 heavy (non-hydrogen) atoms. The summed E-state index contributed by atoms with van der Waals surface area (Å²) in [4.78, 5) is 0. The molecule has 1 fully saturated rings.